The Morgan fingerprint density at radius 2 is 1.89 bits per heavy atom. The molecule has 1 aliphatic heterocycles. The predicted octanol–water partition coefficient (Wildman–Crippen LogP) is 1.67. The van der Waals surface area contributed by atoms with Crippen molar-refractivity contribution in [1.29, 1.82) is 0 Å². The Morgan fingerprint density at radius 3 is 2.47 bits per heavy atom. The number of amides is 1. The molecule has 7 heteroatoms. The van der Waals surface area contributed by atoms with Crippen molar-refractivity contribution in [2.45, 2.75) is 30.6 Å². The largest absolute Gasteiger partial charge is 0.354 e. The molecule has 0 spiro atoms. The highest BCUT2D eigenvalue weighted by atomic mass is 32.2. The summed E-state index contributed by atoms with van der Waals surface area (Å²) in [6.45, 7) is 1.15. The second-order valence-electron chi connectivity index (χ2n) is 4.54. The number of nitrogens with one attached hydrogen (secondary N) is 1. The van der Waals surface area contributed by atoms with Crippen molar-refractivity contribution in [2.24, 2.45) is 0 Å². The van der Waals surface area contributed by atoms with E-state index in [9.17, 15) is 13.2 Å². The number of thiophene rings is 1. The van der Waals surface area contributed by atoms with Crippen molar-refractivity contribution in [3.05, 3.63) is 16.3 Å². The predicted molar refractivity (Wildman–Crippen MR) is 74.9 cm³/mol. The summed E-state index contributed by atoms with van der Waals surface area (Å²) in [6, 6.07) is 1.46. The molecule has 0 radical (unpaired) electrons. The van der Waals surface area contributed by atoms with Gasteiger partial charge in [0.1, 0.15) is 0 Å². The third-order valence-corrected chi connectivity index (χ3v) is 6.18. The standard InChI is InChI=1S/C12H18N2O3S2/c1-13-12(15)11-8-10(9-18-11)19(16,17)14-6-4-2-3-5-7-14/h8-9H,2-7H2,1H3,(H,13,15). The minimum absolute atomic E-state index is 0.234. The van der Waals surface area contributed by atoms with Crippen LogP contribution in [0.5, 0.6) is 0 Å². The molecule has 1 amide bonds. The van der Waals surface area contributed by atoms with Crippen molar-refractivity contribution >= 4 is 27.3 Å². The van der Waals surface area contributed by atoms with Crippen molar-refractivity contribution in [3.63, 3.8) is 0 Å². The molecule has 1 aromatic rings. The first kappa shape index (κ1) is 14.5. The van der Waals surface area contributed by atoms with Crippen molar-refractivity contribution < 1.29 is 13.2 Å². The fraction of sp³-hybridized carbons (Fsp3) is 0.583. The van der Waals surface area contributed by atoms with Gasteiger partial charge in [0.05, 0.1) is 9.77 Å². The maximum Gasteiger partial charge on any atom is 0.261 e. The molecule has 106 valence electrons. The van der Waals surface area contributed by atoms with Gasteiger partial charge in [-0.2, -0.15) is 4.31 Å². The van der Waals surface area contributed by atoms with Gasteiger partial charge in [-0.25, -0.2) is 8.42 Å². The highest BCUT2D eigenvalue weighted by Gasteiger charge is 2.26. The van der Waals surface area contributed by atoms with Crippen LogP contribution in [-0.2, 0) is 10.0 Å². The fourth-order valence-corrected chi connectivity index (χ4v) is 4.85. The zero-order valence-corrected chi connectivity index (χ0v) is 12.5. The van der Waals surface area contributed by atoms with Crippen LogP contribution in [0.4, 0.5) is 0 Å². The van der Waals surface area contributed by atoms with E-state index in [1.807, 2.05) is 0 Å². The average Bonchev–Trinajstić information content (AvgIpc) is 2.74. The van der Waals surface area contributed by atoms with Crippen LogP contribution in [0.2, 0.25) is 0 Å². The van der Waals surface area contributed by atoms with E-state index in [1.165, 1.54) is 17.4 Å². The number of carbonyl (C=O) groups is 1. The van der Waals surface area contributed by atoms with Gasteiger partial charge in [0.15, 0.2) is 0 Å². The van der Waals surface area contributed by atoms with Crippen LogP contribution in [-0.4, -0.2) is 38.8 Å². The normalized spacial score (nSPS) is 17.9. The molecule has 0 saturated carbocycles. The number of carbonyl (C=O) groups excluding carboxylic acids is 1. The summed E-state index contributed by atoms with van der Waals surface area (Å²) >= 11 is 1.16. The summed E-state index contributed by atoms with van der Waals surface area (Å²) in [6.07, 6.45) is 3.98. The van der Waals surface area contributed by atoms with Gasteiger partial charge in [-0.15, -0.1) is 11.3 Å². The maximum absolute atomic E-state index is 12.5. The van der Waals surface area contributed by atoms with Crippen LogP contribution >= 0.6 is 11.3 Å². The van der Waals surface area contributed by atoms with Crippen LogP contribution in [0, 0.1) is 0 Å². The zero-order chi connectivity index (χ0) is 13.9. The Bertz CT molecular complexity index is 543. The molecule has 0 aliphatic carbocycles. The van der Waals surface area contributed by atoms with Crippen molar-refractivity contribution in [1.82, 2.24) is 9.62 Å². The zero-order valence-electron chi connectivity index (χ0n) is 10.9. The fourth-order valence-electron chi connectivity index (χ4n) is 2.13. The highest BCUT2D eigenvalue weighted by Crippen LogP contribution is 2.24. The van der Waals surface area contributed by atoms with Gasteiger partial charge in [0.25, 0.3) is 5.91 Å². The monoisotopic (exact) mass is 302 g/mol. The average molecular weight is 302 g/mol. The Hall–Kier alpha value is -0.920. The molecule has 1 N–H and O–H groups in total. The van der Waals surface area contributed by atoms with E-state index in [4.69, 9.17) is 0 Å². The first-order chi connectivity index (χ1) is 9.05. The Kier molecular flexibility index (Phi) is 4.59. The van der Waals surface area contributed by atoms with Crippen LogP contribution in [0.3, 0.4) is 0 Å². The molecule has 1 fully saturated rings. The first-order valence-electron chi connectivity index (χ1n) is 6.36. The minimum Gasteiger partial charge on any atom is -0.354 e. The summed E-state index contributed by atoms with van der Waals surface area (Å²) in [4.78, 5) is 12.1. The lowest BCUT2D eigenvalue weighted by atomic mass is 10.2. The second kappa shape index (κ2) is 6.02. The third-order valence-electron chi connectivity index (χ3n) is 3.23. The number of hydrogen-bond acceptors (Lipinski definition) is 4. The van der Waals surface area contributed by atoms with E-state index in [1.54, 1.807) is 5.38 Å². The van der Waals surface area contributed by atoms with E-state index >= 15 is 0 Å². The molecule has 2 rings (SSSR count). The lowest BCUT2D eigenvalue weighted by Crippen LogP contribution is -2.31. The Morgan fingerprint density at radius 1 is 1.26 bits per heavy atom. The molecule has 2 heterocycles. The van der Waals surface area contributed by atoms with Crippen LogP contribution in [0.25, 0.3) is 0 Å². The lowest BCUT2D eigenvalue weighted by molar-refractivity contribution is 0.0967. The molecular weight excluding hydrogens is 284 g/mol. The van der Waals surface area contributed by atoms with E-state index in [0.717, 1.165) is 37.0 Å². The summed E-state index contributed by atoms with van der Waals surface area (Å²) in [5.74, 6) is -0.248. The summed E-state index contributed by atoms with van der Waals surface area (Å²) in [5.41, 5.74) is 0. The third kappa shape index (κ3) is 3.16. The minimum atomic E-state index is -3.44. The molecule has 1 aliphatic rings. The van der Waals surface area contributed by atoms with Gasteiger partial charge >= 0.3 is 0 Å². The van der Waals surface area contributed by atoms with E-state index in [0.29, 0.717) is 18.0 Å². The number of nitrogens with zero attached hydrogens (tertiary/aromatic N) is 1. The van der Waals surface area contributed by atoms with E-state index in [2.05, 4.69) is 5.32 Å². The van der Waals surface area contributed by atoms with Gasteiger partial charge in [-0.1, -0.05) is 12.8 Å². The number of sulfonamides is 1. The van der Waals surface area contributed by atoms with E-state index in [-0.39, 0.29) is 10.8 Å². The molecule has 0 aromatic carbocycles. The Labute approximate surface area is 117 Å². The van der Waals surface area contributed by atoms with Crippen LogP contribution in [0.15, 0.2) is 16.3 Å². The van der Waals surface area contributed by atoms with Gasteiger partial charge in [-0.05, 0) is 18.9 Å². The van der Waals surface area contributed by atoms with E-state index < -0.39 is 10.0 Å². The smallest absolute Gasteiger partial charge is 0.261 e. The quantitative estimate of drug-likeness (QED) is 0.923. The molecule has 1 saturated heterocycles. The molecule has 0 atom stereocenters. The van der Waals surface area contributed by atoms with Gasteiger partial charge in [0.2, 0.25) is 10.0 Å². The maximum atomic E-state index is 12.5. The highest BCUT2D eigenvalue weighted by molar-refractivity contribution is 7.89. The summed E-state index contributed by atoms with van der Waals surface area (Å²) in [5, 5.41) is 4.05. The Balaban J connectivity index is 2.23. The second-order valence-corrected chi connectivity index (χ2v) is 7.39. The first-order valence-corrected chi connectivity index (χ1v) is 8.68. The van der Waals surface area contributed by atoms with Gasteiger partial charge in [-0.3, -0.25) is 4.79 Å². The summed E-state index contributed by atoms with van der Waals surface area (Å²) in [7, 11) is -1.91. The topological polar surface area (TPSA) is 66.5 Å². The number of hydrogen-bond donors (Lipinski definition) is 1. The molecule has 0 unspecified atom stereocenters. The molecule has 1 aromatic heterocycles. The molecule has 0 bridgehead atoms. The molecule has 19 heavy (non-hydrogen) atoms. The SMILES string of the molecule is CNC(=O)c1cc(S(=O)(=O)N2CCCCCC2)cs1. The lowest BCUT2D eigenvalue weighted by Gasteiger charge is -2.18. The number of rotatable bonds is 3. The van der Waals surface area contributed by atoms with Crippen LogP contribution in [0.1, 0.15) is 35.4 Å². The molecular formula is C12H18N2O3S2. The van der Waals surface area contributed by atoms with Gasteiger partial charge in [0, 0.05) is 25.5 Å². The van der Waals surface area contributed by atoms with Crippen molar-refractivity contribution in [3.8, 4) is 0 Å². The molecule has 5 nitrogen and oxygen atoms in total. The van der Waals surface area contributed by atoms with Crippen LogP contribution < -0.4 is 5.32 Å². The van der Waals surface area contributed by atoms with Gasteiger partial charge < -0.3 is 5.32 Å². The van der Waals surface area contributed by atoms with Crippen molar-refractivity contribution in [2.75, 3.05) is 20.1 Å². The summed E-state index contributed by atoms with van der Waals surface area (Å²) < 4.78 is 26.5.